The number of hydrogen-bond donors (Lipinski definition) is 1. The van der Waals surface area contributed by atoms with Crippen molar-refractivity contribution in [2.75, 3.05) is 57.2 Å². The number of hydrogen-bond acceptors (Lipinski definition) is 10. The Morgan fingerprint density at radius 3 is 2.51 bits per heavy atom. The van der Waals surface area contributed by atoms with E-state index in [1.165, 1.54) is 41.1 Å². The lowest BCUT2D eigenvalue weighted by molar-refractivity contribution is -0.167. The number of amides is 4. The highest BCUT2D eigenvalue weighted by atomic mass is 16.6. The highest BCUT2D eigenvalue weighted by Crippen LogP contribution is 2.25. The Morgan fingerprint density at radius 1 is 1.11 bits per heavy atom. The summed E-state index contributed by atoms with van der Waals surface area (Å²) in [7, 11) is 2.67. The van der Waals surface area contributed by atoms with Gasteiger partial charge in [-0.05, 0) is 49.2 Å². The van der Waals surface area contributed by atoms with Crippen molar-refractivity contribution in [1.82, 2.24) is 9.80 Å². The number of nitrogens with one attached hydrogen (secondary N) is 1. The topological polar surface area (TPSA) is 176 Å². The van der Waals surface area contributed by atoms with Gasteiger partial charge in [-0.3, -0.25) is 24.0 Å². The van der Waals surface area contributed by atoms with E-state index in [9.17, 15) is 34.0 Å². The molecule has 0 bridgehead atoms. The normalized spacial score (nSPS) is 16.8. The predicted octanol–water partition coefficient (Wildman–Crippen LogP) is 1.34. The van der Waals surface area contributed by atoms with E-state index in [1.54, 1.807) is 23.1 Å². The second kappa shape index (κ2) is 14.5. The molecule has 0 aromatic heterocycles. The van der Waals surface area contributed by atoms with Gasteiger partial charge in [0.1, 0.15) is 6.07 Å². The van der Waals surface area contributed by atoms with Crippen molar-refractivity contribution in [3.05, 3.63) is 59.2 Å². The fourth-order valence-corrected chi connectivity index (χ4v) is 5.09. The minimum atomic E-state index is -1.72. The molecule has 1 N–H and O–H groups in total. The summed E-state index contributed by atoms with van der Waals surface area (Å²) in [4.78, 5) is 81.2. The highest BCUT2D eigenvalue weighted by Gasteiger charge is 2.43. The van der Waals surface area contributed by atoms with Gasteiger partial charge in [-0.2, -0.15) is 5.26 Å². The van der Waals surface area contributed by atoms with Crippen LogP contribution in [-0.4, -0.2) is 105 Å². The Labute approximate surface area is 259 Å². The molecule has 2 aliphatic heterocycles. The molecule has 0 saturated carbocycles. The van der Waals surface area contributed by atoms with Gasteiger partial charge >= 0.3 is 11.9 Å². The molecule has 2 heterocycles. The number of carbonyl (C=O) groups is 6. The molecular formula is C31H33N5O9. The van der Waals surface area contributed by atoms with Crippen molar-refractivity contribution >= 4 is 46.9 Å². The van der Waals surface area contributed by atoms with Gasteiger partial charge in [0.15, 0.2) is 6.10 Å². The Hall–Kier alpha value is -5.29. The SMILES string of the molecule is COC(=O)c1cc(NC(=O)[C@H](OC(C)=O)[C@H]2OCCN(c3cccc(C(=O)N(C)CC(=O)N4CCCC4)c3)C2=O)ccc1C#N. The monoisotopic (exact) mass is 619 g/mol. The van der Waals surface area contributed by atoms with Gasteiger partial charge in [0.25, 0.3) is 17.7 Å². The number of rotatable bonds is 9. The third-order valence-corrected chi connectivity index (χ3v) is 7.34. The number of methoxy groups -OCH3 is 1. The number of benzene rings is 2. The number of morpholine rings is 1. The van der Waals surface area contributed by atoms with Crippen molar-refractivity contribution in [2.24, 2.45) is 0 Å². The van der Waals surface area contributed by atoms with Crippen LogP contribution in [0.5, 0.6) is 0 Å². The van der Waals surface area contributed by atoms with Crippen molar-refractivity contribution in [3.8, 4) is 6.07 Å². The van der Waals surface area contributed by atoms with Crippen LogP contribution in [0.2, 0.25) is 0 Å². The number of nitriles is 1. The summed E-state index contributed by atoms with van der Waals surface area (Å²) < 4.78 is 15.5. The van der Waals surface area contributed by atoms with Gasteiger partial charge in [-0.15, -0.1) is 0 Å². The number of esters is 2. The standard InChI is InChI=1S/C31H33N5O9/c1-19(37)45-26(28(39)33-22-10-9-21(17-32)24(16-22)31(42)43-3)27-30(41)36(13-14-44-27)23-8-6-7-20(15-23)29(40)34(2)18-25(38)35-11-4-5-12-35/h6-10,15-16,26-27H,4-5,11-14,18H2,1-3H3,(H,33,39)/t26-,27-/m1/s1. The van der Waals surface area contributed by atoms with E-state index >= 15 is 0 Å². The summed E-state index contributed by atoms with van der Waals surface area (Å²) in [5.41, 5.74) is 0.586. The molecule has 0 spiro atoms. The quantitative estimate of drug-likeness (QED) is 0.403. The molecule has 0 aliphatic carbocycles. The first-order valence-corrected chi connectivity index (χ1v) is 14.2. The van der Waals surface area contributed by atoms with Crippen LogP contribution in [0.3, 0.4) is 0 Å². The fraction of sp³-hybridized carbons (Fsp3) is 0.387. The van der Waals surface area contributed by atoms with Crippen LogP contribution in [0.25, 0.3) is 0 Å². The van der Waals surface area contributed by atoms with Crippen LogP contribution in [0.1, 0.15) is 46.0 Å². The summed E-state index contributed by atoms with van der Waals surface area (Å²) in [6, 6.07) is 12.0. The maximum absolute atomic E-state index is 13.7. The molecule has 236 valence electrons. The van der Waals surface area contributed by atoms with Crippen molar-refractivity contribution in [1.29, 1.82) is 5.26 Å². The molecule has 2 aliphatic rings. The summed E-state index contributed by atoms with van der Waals surface area (Å²) >= 11 is 0. The zero-order chi connectivity index (χ0) is 32.7. The second-order valence-electron chi connectivity index (χ2n) is 10.5. The van der Waals surface area contributed by atoms with E-state index in [0.29, 0.717) is 18.8 Å². The molecule has 2 aromatic rings. The van der Waals surface area contributed by atoms with E-state index in [2.05, 4.69) is 5.32 Å². The number of likely N-dealkylation sites (tertiary alicyclic amines) is 1. The molecule has 0 radical (unpaired) electrons. The largest absolute Gasteiger partial charge is 0.465 e. The molecule has 4 amide bonds. The average Bonchev–Trinajstić information content (AvgIpc) is 3.58. The Kier molecular flexibility index (Phi) is 10.5. The lowest BCUT2D eigenvalue weighted by Crippen LogP contribution is -2.56. The fourth-order valence-electron chi connectivity index (χ4n) is 5.09. The molecule has 2 fully saturated rings. The van der Waals surface area contributed by atoms with Crippen LogP contribution in [0.4, 0.5) is 11.4 Å². The van der Waals surface area contributed by atoms with E-state index in [1.807, 2.05) is 6.07 Å². The summed E-state index contributed by atoms with van der Waals surface area (Å²) in [6.45, 7) is 2.40. The number of likely N-dealkylation sites (N-methyl/N-ethyl adjacent to an activating group) is 1. The maximum Gasteiger partial charge on any atom is 0.339 e. The first kappa shape index (κ1) is 32.6. The second-order valence-corrected chi connectivity index (χ2v) is 10.5. The molecule has 14 heteroatoms. The summed E-state index contributed by atoms with van der Waals surface area (Å²) in [5.74, 6) is -3.81. The predicted molar refractivity (Wildman–Crippen MR) is 158 cm³/mol. The highest BCUT2D eigenvalue weighted by molar-refractivity contribution is 6.06. The third-order valence-electron chi connectivity index (χ3n) is 7.34. The average molecular weight is 620 g/mol. The number of carbonyl (C=O) groups excluding carboxylic acids is 6. The third kappa shape index (κ3) is 7.63. The van der Waals surface area contributed by atoms with E-state index < -0.39 is 41.9 Å². The van der Waals surface area contributed by atoms with E-state index in [-0.39, 0.29) is 48.0 Å². The molecule has 2 atom stereocenters. The maximum atomic E-state index is 13.7. The van der Waals surface area contributed by atoms with Gasteiger partial charge in [-0.25, -0.2) is 4.79 Å². The lowest BCUT2D eigenvalue weighted by atomic mass is 10.1. The van der Waals surface area contributed by atoms with Crippen molar-refractivity contribution in [2.45, 2.75) is 32.0 Å². The molecule has 45 heavy (non-hydrogen) atoms. The van der Waals surface area contributed by atoms with Crippen LogP contribution in [-0.2, 0) is 33.4 Å². The zero-order valence-corrected chi connectivity index (χ0v) is 25.1. The number of ether oxygens (including phenoxy) is 3. The van der Waals surface area contributed by atoms with Crippen molar-refractivity contribution in [3.63, 3.8) is 0 Å². The minimum absolute atomic E-state index is 0.0166. The molecule has 0 unspecified atom stereocenters. The summed E-state index contributed by atoms with van der Waals surface area (Å²) in [5, 5.41) is 11.8. The Balaban J connectivity index is 1.52. The molecule has 2 aromatic carbocycles. The molecular weight excluding hydrogens is 586 g/mol. The van der Waals surface area contributed by atoms with Crippen LogP contribution in [0.15, 0.2) is 42.5 Å². The van der Waals surface area contributed by atoms with Crippen LogP contribution >= 0.6 is 0 Å². The Bertz CT molecular complexity index is 1550. The van der Waals surface area contributed by atoms with Gasteiger partial charge < -0.3 is 34.2 Å². The Morgan fingerprint density at radius 2 is 1.84 bits per heavy atom. The van der Waals surface area contributed by atoms with E-state index in [4.69, 9.17) is 14.2 Å². The smallest absolute Gasteiger partial charge is 0.339 e. The zero-order valence-electron chi connectivity index (χ0n) is 25.1. The first-order valence-electron chi connectivity index (χ1n) is 14.2. The lowest BCUT2D eigenvalue weighted by Gasteiger charge is -2.35. The van der Waals surface area contributed by atoms with Gasteiger partial charge in [-0.1, -0.05) is 6.07 Å². The van der Waals surface area contributed by atoms with Crippen molar-refractivity contribution < 1.29 is 43.0 Å². The number of nitrogens with zero attached hydrogens (tertiary/aromatic N) is 4. The van der Waals surface area contributed by atoms with Crippen LogP contribution < -0.4 is 10.2 Å². The molecule has 14 nitrogen and oxygen atoms in total. The minimum Gasteiger partial charge on any atom is -0.465 e. The van der Waals surface area contributed by atoms with E-state index in [0.717, 1.165) is 26.9 Å². The first-order chi connectivity index (χ1) is 21.5. The van der Waals surface area contributed by atoms with Gasteiger partial charge in [0.05, 0.1) is 31.4 Å². The summed E-state index contributed by atoms with van der Waals surface area (Å²) in [6.07, 6.45) is -1.39. The molecule has 4 rings (SSSR count). The van der Waals surface area contributed by atoms with Gasteiger partial charge in [0, 0.05) is 50.5 Å². The van der Waals surface area contributed by atoms with Gasteiger partial charge in [0.2, 0.25) is 12.0 Å². The number of anilines is 2. The molecule has 2 saturated heterocycles. The van der Waals surface area contributed by atoms with Crippen LogP contribution in [0, 0.1) is 11.3 Å².